The number of terminal acetylenes is 1. The Kier molecular flexibility index (Phi) is 2.31. The summed E-state index contributed by atoms with van der Waals surface area (Å²) < 4.78 is 0. The molecule has 64 valence electrons. The van der Waals surface area contributed by atoms with Gasteiger partial charge in [0.1, 0.15) is 12.8 Å². The van der Waals surface area contributed by atoms with Crippen molar-refractivity contribution in [3.63, 3.8) is 0 Å². The Balaban J connectivity index is 2.70. The molecule has 1 saturated heterocycles. The van der Waals surface area contributed by atoms with E-state index in [9.17, 15) is 9.59 Å². The minimum Gasteiger partial charge on any atom is -0.376 e. The smallest absolute Gasteiger partial charge is 0.326 e. The molecule has 5 nitrogen and oxygen atoms in total. The van der Waals surface area contributed by atoms with Gasteiger partial charge in [-0.1, -0.05) is 0 Å². The molecular formula is C7H8N2O3. The maximum atomic E-state index is 11.1. The van der Waals surface area contributed by atoms with Gasteiger partial charge in [-0.3, -0.25) is 4.79 Å². The van der Waals surface area contributed by atoms with Crippen molar-refractivity contribution in [1.82, 2.24) is 10.2 Å². The van der Waals surface area contributed by atoms with Crippen LogP contribution in [0.5, 0.6) is 0 Å². The van der Waals surface area contributed by atoms with Crippen LogP contribution in [-0.2, 0) is 4.79 Å². The van der Waals surface area contributed by atoms with E-state index in [-0.39, 0.29) is 6.42 Å². The van der Waals surface area contributed by atoms with Gasteiger partial charge in [-0.05, 0) is 0 Å². The summed E-state index contributed by atoms with van der Waals surface area (Å²) in [4.78, 5) is 22.7. The number of aliphatic hydroxyl groups is 1. The van der Waals surface area contributed by atoms with Gasteiger partial charge in [-0.15, -0.1) is 12.3 Å². The van der Waals surface area contributed by atoms with Gasteiger partial charge in [0.2, 0.25) is 0 Å². The quantitative estimate of drug-likeness (QED) is 0.405. The van der Waals surface area contributed by atoms with Gasteiger partial charge in [0.25, 0.3) is 5.91 Å². The first-order valence-corrected chi connectivity index (χ1v) is 3.37. The molecule has 0 aliphatic carbocycles. The molecule has 1 aliphatic rings. The number of carbonyl (C=O) groups is 2. The van der Waals surface area contributed by atoms with Crippen molar-refractivity contribution in [2.24, 2.45) is 0 Å². The van der Waals surface area contributed by atoms with E-state index < -0.39 is 24.7 Å². The largest absolute Gasteiger partial charge is 0.376 e. The van der Waals surface area contributed by atoms with Crippen molar-refractivity contribution >= 4 is 11.9 Å². The van der Waals surface area contributed by atoms with Gasteiger partial charge in [-0.25, -0.2) is 9.69 Å². The standard InChI is InChI=1S/C7H8N2O3/c1-2-3-5-6(11)9(4-10)7(12)8-5/h1,5,10H,3-4H2,(H,8,12). The Bertz CT molecular complexity index is 256. The van der Waals surface area contributed by atoms with Crippen LogP contribution in [0.1, 0.15) is 6.42 Å². The Morgan fingerprint density at radius 3 is 2.75 bits per heavy atom. The van der Waals surface area contributed by atoms with Gasteiger partial charge < -0.3 is 10.4 Å². The van der Waals surface area contributed by atoms with Crippen LogP contribution in [0.15, 0.2) is 0 Å². The van der Waals surface area contributed by atoms with E-state index in [1.54, 1.807) is 0 Å². The van der Waals surface area contributed by atoms with Crippen molar-refractivity contribution < 1.29 is 14.7 Å². The van der Waals surface area contributed by atoms with E-state index in [2.05, 4.69) is 11.2 Å². The van der Waals surface area contributed by atoms with E-state index >= 15 is 0 Å². The lowest BCUT2D eigenvalue weighted by Crippen LogP contribution is -2.32. The van der Waals surface area contributed by atoms with E-state index in [1.165, 1.54) is 0 Å². The first kappa shape index (κ1) is 8.56. The Labute approximate surface area is 69.3 Å². The van der Waals surface area contributed by atoms with Gasteiger partial charge in [0.05, 0.1) is 0 Å². The number of amides is 3. The summed E-state index contributed by atoms with van der Waals surface area (Å²) in [6.07, 6.45) is 5.12. The van der Waals surface area contributed by atoms with Gasteiger partial charge in [0.15, 0.2) is 0 Å². The predicted octanol–water partition coefficient (Wildman–Crippen LogP) is -1.12. The lowest BCUT2D eigenvalue weighted by atomic mass is 10.2. The number of urea groups is 1. The van der Waals surface area contributed by atoms with Crippen LogP contribution >= 0.6 is 0 Å². The van der Waals surface area contributed by atoms with E-state index in [0.29, 0.717) is 4.90 Å². The second-order valence-corrected chi connectivity index (χ2v) is 2.32. The number of rotatable bonds is 2. The highest BCUT2D eigenvalue weighted by molar-refractivity contribution is 6.04. The lowest BCUT2D eigenvalue weighted by Gasteiger charge is -2.06. The fraction of sp³-hybridized carbons (Fsp3) is 0.429. The maximum absolute atomic E-state index is 11.1. The SMILES string of the molecule is C#CCC1NC(=O)N(CO)C1=O. The molecule has 0 aromatic carbocycles. The number of imide groups is 1. The van der Waals surface area contributed by atoms with Crippen LogP contribution < -0.4 is 5.32 Å². The summed E-state index contributed by atoms with van der Waals surface area (Å²) in [5.74, 6) is 1.79. The summed E-state index contributed by atoms with van der Waals surface area (Å²) in [6, 6.07) is -1.27. The Hall–Kier alpha value is -1.54. The molecule has 0 aromatic rings. The fourth-order valence-electron chi connectivity index (χ4n) is 0.967. The number of nitrogens with one attached hydrogen (secondary N) is 1. The van der Waals surface area contributed by atoms with Crippen molar-refractivity contribution in [2.75, 3.05) is 6.73 Å². The van der Waals surface area contributed by atoms with Crippen LogP contribution in [-0.4, -0.2) is 34.7 Å². The monoisotopic (exact) mass is 168 g/mol. The zero-order valence-electron chi connectivity index (χ0n) is 6.28. The van der Waals surface area contributed by atoms with Crippen molar-refractivity contribution in [3.05, 3.63) is 0 Å². The van der Waals surface area contributed by atoms with Crippen LogP contribution in [0, 0.1) is 12.3 Å². The Morgan fingerprint density at radius 1 is 1.67 bits per heavy atom. The third kappa shape index (κ3) is 1.24. The van der Waals surface area contributed by atoms with Crippen LogP contribution in [0.25, 0.3) is 0 Å². The average Bonchev–Trinajstić information content (AvgIpc) is 2.29. The van der Waals surface area contributed by atoms with Crippen LogP contribution in [0.4, 0.5) is 4.79 Å². The molecule has 1 fully saturated rings. The van der Waals surface area contributed by atoms with Crippen LogP contribution in [0.2, 0.25) is 0 Å². The summed E-state index contributed by atoms with van der Waals surface area (Å²) in [5, 5.41) is 10.9. The highest BCUT2D eigenvalue weighted by Crippen LogP contribution is 2.07. The molecule has 1 atom stereocenters. The molecule has 2 N–H and O–H groups in total. The minimum atomic E-state index is -0.672. The Morgan fingerprint density at radius 2 is 2.33 bits per heavy atom. The third-order valence-electron chi connectivity index (χ3n) is 1.57. The summed E-state index contributed by atoms with van der Waals surface area (Å²) >= 11 is 0. The first-order valence-electron chi connectivity index (χ1n) is 3.37. The second kappa shape index (κ2) is 3.24. The average molecular weight is 168 g/mol. The highest BCUT2D eigenvalue weighted by atomic mass is 16.3. The normalized spacial score (nSPS) is 22.3. The topological polar surface area (TPSA) is 69.6 Å². The molecule has 1 rings (SSSR count). The molecule has 0 spiro atoms. The van der Waals surface area contributed by atoms with Crippen molar-refractivity contribution in [1.29, 1.82) is 0 Å². The molecule has 5 heteroatoms. The summed E-state index contributed by atoms with van der Waals surface area (Å²) in [7, 11) is 0. The summed E-state index contributed by atoms with van der Waals surface area (Å²) in [5.41, 5.74) is 0. The molecule has 1 unspecified atom stereocenters. The molecule has 1 aliphatic heterocycles. The molecule has 0 radical (unpaired) electrons. The van der Waals surface area contributed by atoms with Gasteiger partial charge in [-0.2, -0.15) is 0 Å². The maximum Gasteiger partial charge on any atom is 0.326 e. The lowest BCUT2D eigenvalue weighted by molar-refractivity contribution is -0.129. The van der Waals surface area contributed by atoms with E-state index in [1.807, 2.05) is 0 Å². The van der Waals surface area contributed by atoms with Crippen molar-refractivity contribution in [2.45, 2.75) is 12.5 Å². The predicted molar refractivity (Wildman–Crippen MR) is 39.7 cm³/mol. The van der Waals surface area contributed by atoms with E-state index in [4.69, 9.17) is 11.5 Å². The van der Waals surface area contributed by atoms with E-state index in [0.717, 1.165) is 0 Å². The number of nitrogens with zero attached hydrogens (tertiary/aromatic N) is 1. The number of aliphatic hydroxyl groups excluding tert-OH is 1. The fourth-order valence-corrected chi connectivity index (χ4v) is 0.967. The third-order valence-corrected chi connectivity index (χ3v) is 1.57. The first-order chi connectivity index (χ1) is 5.70. The summed E-state index contributed by atoms with van der Waals surface area (Å²) in [6.45, 7) is -0.605. The molecule has 0 aromatic heterocycles. The zero-order chi connectivity index (χ0) is 9.14. The number of hydrogen-bond donors (Lipinski definition) is 2. The van der Waals surface area contributed by atoms with Crippen LogP contribution in [0.3, 0.4) is 0 Å². The molecule has 0 bridgehead atoms. The molecule has 3 amide bonds. The number of hydrogen-bond acceptors (Lipinski definition) is 3. The van der Waals surface area contributed by atoms with Gasteiger partial charge >= 0.3 is 6.03 Å². The van der Waals surface area contributed by atoms with Gasteiger partial charge in [0, 0.05) is 6.42 Å². The van der Waals surface area contributed by atoms with Crippen molar-refractivity contribution in [3.8, 4) is 12.3 Å². The minimum absolute atomic E-state index is 0.154. The molecular weight excluding hydrogens is 160 g/mol. The second-order valence-electron chi connectivity index (χ2n) is 2.32. The molecule has 1 heterocycles. The molecule has 12 heavy (non-hydrogen) atoms. The zero-order valence-corrected chi connectivity index (χ0v) is 6.28. The molecule has 0 saturated carbocycles. The highest BCUT2D eigenvalue weighted by Gasteiger charge is 2.36. The number of carbonyl (C=O) groups excluding carboxylic acids is 2.